The first-order chi connectivity index (χ1) is 11.6. The molecule has 0 saturated heterocycles. The van der Waals surface area contributed by atoms with Crippen molar-refractivity contribution in [3.8, 4) is 11.6 Å². The van der Waals surface area contributed by atoms with E-state index >= 15 is 0 Å². The van der Waals surface area contributed by atoms with E-state index in [0.717, 1.165) is 5.69 Å². The zero-order chi connectivity index (χ0) is 16.9. The van der Waals surface area contributed by atoms with Gasteiger partial charge in [0.1, 0.15) is 5.76 Å². The molecule has 0 spiro atoms. The molecule has 0 aliphatic carbocycles. The second-order valence-corrected chi connectivity index (χ2v) is 5.97. The first-order valence-corrected chi connectivity index (χ1v) is 8.20. The van der Waals surface area contributed by atoms with Crippen molar-refractivity contribution < 1.29 is 13.9 Å². The normalized spacial score (nSPS) is 11.9. The van der Waals surface area contributed by atoms with Crippen molar-refractivity contribution in [3.63, 3.8) is 0 Å². The van der Waals surface area contributed by atoms with Gasteiger partial charge < -0.3 is 14.5 Å². The van der Waals surface area contributed by atoms with Crippen LogP contribution in [-0.2, 0) is 11.3 Å². The maximum absolute atomic E-state index is 12.1. The van der Waals surface area contributed by atoms with Gasteiger partial charge in [-0.15, -0.1) is 5.10 Å². The Bertz CT molecular complexity index is 800. The molecule has 0 aliphatic rings. The van der Waals surface area contributed by atoms with E-state index in [1.54, 1.807) is 36.2 Å². The average Bonchev–Trinajstić information content (AvgIpc) is 3.24. The first kappa shape index (κ1) is 16.3. The number of nitrogens with one attached hydrogen (secondary N) is 1. The molecular formula is C17H16BrN3O3. The molecule has 0 saturated carbocycles. The fourth-order valence-electron chi connectivity index (χ4n) is 2.08. The number of para-hydroxylation sites is 1. The molecule has 3 rings (SSSR count). The minimum absolute atomic E-state index is 0.243. The molecule has 0 fully saturated rings. The van der Waals surface area contributed by atoms with Gasteiger partial charge in [-0.3, -0.25) is 4.79 Å². The van der Waals surface area contributed by atoms with Gasteiger partial charge in [-0.2, -0.15) is 0 Å². The van der Waals surface area contributed by atoms with Gasteiger partial charge in [-0.25, -0.2) is 4.68 Å². The second kappa shape index (κ2) is 7.35. The van der Waals surface area contributed by atoms with Gasteiger partial charge in [0.05, 0.1) is 23.0 Å². The van der Waals surface area contributed by atoms with E-state index in [1.807, 2.05) is 30.3 Å². The molecule has 0 aliphatic heterocycles. The van der Waals surface area contributed by atoms with Gasteiger partial charge >= 0.3 is 0 Å². The third-order valence-corrected chi connectivity index (χ3v) is 3.88. The van der Waals surface area contributed by atoms with Gasteiger partial charge in [0, 0.05) is 6.20 Å². The van der Waals surface area contributed by atoms with Crippen molar-refractivity contribution in [3.05, 3.63) is 65.2 Å². The minimum atomic E-state index is -0.685. The van der Waals surface area contributed by atoms with Crippen LogP contribution in [0.5, 0.6) is 5.88 Å². The molecule has 1 N–H and O–H groups in total. The summed E-state index contributed by atoms with van der Waals surface area (Å²) >= 11 is 3.41. The zero-order valence-electron chi connectivity index (χ0n) is 13.0. The summed E-state index contributed by atoms with van der Waals surface area (Å²) in [5, 5.41) is 7.12. The number of hydrogen-bond acceptors (Lipinski definition) is 4. The number of furan rings is 1. The maximum atomic E-state index is 12.1. The zero-order valence-corrected chi connectivity index (χ0v) is 14.6. The van der Waals surface area contributed by atoms with Gasteiger partial charge in [-0.1, -0.05) is 18.2 Å². The summed E-state index contributed by atoms with van der Waals surface area (Å²) in [6.07, 6.45) is 2.67. The second-order valence-electron chi connectivity index (χ2n) is 5.12. The highest BCUT2D eigenvalue weighted by molar-refractivity contribution is 9.10. The van der Waals surface area contributed by atoms with Crippen LogP contribution in [0, 0.1) is 0 Å². The quantitative estimate of drug-likeness (QED) is 0.701. The van der Waals surface area contributed by atoms with E-state index in [0.29, 0.717) is 22.7 Å². The standard InChI is InChI=1S/C17H16BrN3O3/c1-12(16(22)19-10-14-8-5-9-23-14)24-17-15(18)11-21(20-17)13-6-3-2-4-7-13/h2-9,11-12H,10H2,1H3,(H,19,22)/t12-/m0/s1. The third-order valence-electron chi connectivity index (χ3n) is 3.33. The molecule has 3 aromatic rings. The van der Waals surface area contributed by atoms with Crippen LogP contribution in [0.3, 0.4) is 0 Å². The van der Waals surface area contributed by atoms with Crippen LogP contribution >= 0.6 is 15.9 Å². The number of ether oxygens (including phenoxy) is 1. The van der Waals surface area contributed by atoms with E-state index in [2.05, 4.69) is 26.3 Å². The van der Waals surface area contributed by atoms with Crippen molar-refractivity contribution in [2.75, 3.05) is 0 Å². The van der Waals surface area contributed by atoms with Crippen molar-refractivity contribution in [2.24, 2.45) is 0 Å². The highest BCUT2D eigenvalue weighted by Gasteiger charge is 2.18. The number of amides is 1. The number of carbonyl (C=O) groups is 1. The lowest BCUT2D eigenvalue weighted by Gasteiger charge is -2.12. The van der Waals surface area contributed by atoms with Crippen LogP contribution in [0.4, 0.5) is 0 Å². The summed E-state index contributed by atoms with van der Waals surface area (Å²) < 4.78 is 13.2. The highest BCUT2D eigenvalue weighted by Crippen LogP contribution is 2.25. The molecule has 6 nitrogen and oxygen atoms in total. The summed E-state index contributed by atoms with van der Waals surface area (Å²) in [6.45, 7) is 1.99. The Morgan fingerprint density at radius 2 is 2.12 bits per heavy atom. The molecule has 1 atom stereocenters. The van der Waals surface area contributed by atoms with Crippen LogP contribution in [0.25, 0.3) is 5.69 Å². The number of nitrogens with zero attached hydrogens (tertiary/aromatic N) is 2. The molecule has 2 heterocycles. The van der Waals surface area contributed by atoms with Crippen molar-refractivity contribution in [1.82, 2.24) is 15.1 Å². The summed E-state index contributed by atoms with van der Waals surface area (Å²) in [5.74, 6) is 0.803. The van der Waals surface area contributed by atoms with E-state index in [9.17, 15) is 4.79 Å². The number of halogens is 1. The number of benzene rings is 1. The van der Waals surface area contributed by atoms with E-state index in [-0.39, 0.29) is 5.91 Å². The van der Waals surface area contributed by atoms with Crippen LogP contribution in [0.1, 0.15) is 12.7 Å². The van der Waals surface area contributed by atoms with Crippen molar-refractivity contribution in [1.29, 1.82) is 0 Å². The molecule has 0 unspecified atom stereocenters. The maximum Gasteiger partial charge on any atom is 0.261 e. The molecule has 24 heavy (non-hydrogen) atoms. The van der Waals surface area contributed by atoms with Crippen molar-refractivity contribution in [2.45, 2.75) is 19.6 Å². The number of rotatable bonds is 6. The first-order valence-electron chi connectivity index (χ1n) is 7.41. The average molecular weight is 390 g/mol. The number of aromatic nitrogens is 2. The third kappa shape index (κ3) is 3.86. The van der Waals surface area contributed by atoms with Crippen LogP contribution in [0.15, 0.2) is 63.8 Å². The molecular weight excluding hydrogens is 374 g/mol. The Morgan fingerprint density at radius 3 is 2.83 bits per heavy atom. The van der Waals surface area contributed by atoms with Crippen LogP contribution in [0.2, 0.25) is 0 Å². The smallest absolute Gasteiger partial charge is 0.261 e. The summed E-state index contributed by atoms with van der Waals surface area (Å²) in [5.41, 5.74) is 0.906. The number of hydrogen-bond donors (Lipinski definition) is 1. The predicted octanol–water partition coefficient (Wildman–Crippen LogP) is 3.31. The topological polar surface area (TPSA) is 69.3 Å². The Balaban J connectivity index is 1.62. The molecule has 0 radical (unpaired) electrons. The van der Waals surface area contributed by atoms with Gasteiger partial charge in [-0.05, 0) is 47.1 Å². The number of carbonyl (C=O) groups excluding carboxylic acids is 1. The lowest BCUT2D eigenvalue weighted by atomic mass is 10.3. The minimum Gasteiger partial charge on any atom is -0.467 e. The molecule has 7 heteroatoms. The highest BCUT2D eigenvalue weighted by atomic mass is 79.9. The lowest BCUT2D eigenvalue weighted by molar-refractivity contribution is -0.127. The van der Waals surface area contributed by atoms with E-state index in [4.69, 9.17) is 9.15 Å². The van der Waals surface area contributed by atoms with E-state index < -0.39 is 6.10 Å². The Labute approximate surface area is 147 Å². The molecule has 2 aromatic heterocycles. The predicted molar refractivity (Wildman–Crippen MR) is 91.9 cm³/mol. The Hall–Kier alpha value is -2.54. The van der Waals surface area contributed by atoms with Crippen molar-refractivity contribution >= 4 is 21.8 Å². The monoisotopic (exact) mass is 389 g/mol. The summed E-state index contributed by atoms with van der Waals surface area (Å²) in [7, 11) is 0. The molecule has 0 bridgehead atoms. The summed E-state index contributed by atoms with van der Waals surface area (Å²) in [4.78, 5) is 12.1. The van der Waals surface area contributed by atoms with Gasteiger partial charge in [0.25, 0.3) is 5.91 Å². The lowest BCUT2D eigenvalue weighted by Crippen LogP contribution is -2.36. The van der Waals surface area contributed by atoms with Crippen LogP contribution < -0.4 is 10.1 Å². The van der Waals surface area contributed by atoms with Gasteiger partial charge in [0.15, 0.2) is 6.10 Å². The molecule has 124 valence electrons. The fraction of sp³-hybridized carbons (Fsp3) is 0.176. The molecule has 1 amide bonds. The SMILES string of the molecule is C[C@H](Oc1nn(-c2ccccc2)cc1Br)C(=O)NCc1ccco1. The fourth-order valence-corrected chi connectivity index (χ4v) is 2.45. The Kier molecular flexibility index (Phi) is 5.00. The Morgan fingerprint density at radius 1 is 1.33 bits per heavy atom. The molecule has 1 aromatic carbocycles. The summed E-state index contributed by atoms with van der Waals surface area (Å²) in [6, 6.07) is 13.2. The largest absolute Gasteiger partial charge is 0.467 e. The van der Waals surface area contributed by atoms with E-state index in [1.165, 1.54) is 0 Å². The van der Waals surface area contributed by atoms with Gasteiger partial charge in [0.2, 0.25) is 5.88 Å². The van der Waals surface area contributed by atoms with Crippen LogP contribution in [-0.4, -0.2) is 21.8 Å².